The monoisotopic (exact) mass is 415 g/mol. The van der Waals surface area contributed by atoms with Crippen molar-refractivity contribution in [3.63, 3.8) is 0 Å². The summed E-state index contributed by atoms with van der Waals surface area (Å²) in [6, 6.07) is 17.1. The van der Waals surface area contributed by atoms with E-state index < -0.39 is 5.82 Å². The summed E-state index contributed by atoms with van der Waals surface area (Å²) in [5.74, 6) is -0.403. The zero-order valence-electron chi connectivity index (χ0n) is 16.1. The molecule has 0 radical (unpaired) electrons. The number of anilines is 1. The minimum atomic E-state index is -0.403. The van der Waals surface area contributed by atoms with E-state index in [4.69, 9.17) is 16.3 Å². The zero-order valence-corrected chi connectivity index (χ0v) is 16.9. The van der Waals surface area contributed by atoms with Gasteiger partial charge in [0.2, 0.25) is 0 Å². The molecule has 0 aliphatic carbocycles. The second-order valence-corrected chi connectivity index (χ2v) is 6.98. The van der Waals surface area contributed by atoms with Crippen molar-refractivity contribution in [2.45, 2.75) is 13.1 Å². The summed E-state index contributed by atoms with van der Waals surface area (Å²) in [7, 11) is 1.59. The molecule has 0 bridgehead atoms. The van der Waals surface area contributed by atoms with E-state index in [1.165, 1.54) is 12.1 Å². The maximum atomic E-state index is 13.4. The molecule has 3 aromatic rings. The molecule has 2 aromatic carbocycles. The number of halogens is 2. The Morgan fingerprint density at radius 2 is 2.00 bits per heavy atom. The summed E-state index contributed by atoms with van der Waals surface area (Å²) < 4.78 is 20.6. The summed E-state index contributed by atoms with van der Waals surface area (Å²) in [5.41, 5.74) is 2.36. The van der Waals surface area contributed by atoms with E-state index in [1.807, 2.05) is 42.6 Å². The molecule has 1 heterocycles. The molecular weight excluding hydrogens is 393 g/mol. The zero-order chi connectivity index (χ0) is 20.6. The molecule has 0 spiro atoms. The molecule has 29 heavy (non-hydrogen) atoms. The Morgan fingerprint density at radius 3 is 2.76 bits per heavy atom. The molecule has 0 atom stereocenters. The first-order valence-corrected chi connectivity index (χ1v) is 9.62. The highest BCUT2D eigenvalue weighted by Crippen LogP contribution is 2.18. The Labute approximate surface area is 174 Å². The number of hydrogen-bond donors (Lipinski definition) is 1. The first-order valence-electron chi connectivity index (χ1n) is 9.24. The lowest BCUT2D eigenvalue weighted by Crippen LogP contribution is -2.37. The Bertz CT molecular complexity index is 960. The third-order valence-corrected chi connectivity index (χ3v) is 4.87. The molecule has 0 fully saturated rings. The van der Waals surface area contributed by atoms with Gasteiger partial charge in [-0.15, -0.1) is 0 Å². The van der Waals surface area contributed by atoms with Gasteiger partial charge in [-0.25, -0.2) is 9.18 Å². The van der Waals surface area contributed by atoms with Crippen molar-refractivity contribution in [2.24, 2.45) is 0 Å². The molecule has 152 valence electrons. The van der Waals surface area contributed by atoms with Crippen molar-refractivity contribution in [1.29, 1.82) is 0 Å². The fourth-order valence-electron chi connectivity index (χ4n) is 2.98. The predicted octanol–water partition coefficient (Wildman–Crippen LogP) is 5.01. The van der Waals surface area contributed by atoms with Crippen molar-refractivity contribution >= 4 is 23.3 Å². The average Bonchev–Trinajstić information content (AvgIpc) is 3.13. The lowest BCUT2D eigenvalue weighted by molar-refractivity contribution is 0.152. The summed E-state index contributed by atoms with van der Waals surface area (Å²) in [4.78, 5) is 14.4. The molecule has 0 saturated carbocycles. The number of hydrogen-bond acceptors (Lipinski definition) is 2. The molecular formula is C22H23ClFN3O2. The molecule has 5 nitrogen and oxygen atoms in total. The summed E-state index contributed by atoms with van der Waals surface area (Å²) in [5, 5.41) is 3.44. The third-order valence-electron chi connectivity index (χ3n) is 4.50. The van der Waals surface area contributed by atoms with E-state index in [0.717, 1.165) is 11.3 Å². The van der Waals surface area contributed by atoms with E-state index in [-0.39, 0.29) is 6.03 Å². The summed E-state index contributed by atoms with van der Waals surface area (Å²) in [6.45, 7) is 1.77. The molecule has 0 aliphatic rings. The highest BCUT2D eigenvalue weighted by Gasteiger charge is 2.16. The van der Waals surface area contributed by atoms with Crippen molar-refractivity contribution < 1.29 is 13.9 Å². The summed E-state index contributed by atoms with van der Waals surface area (Å²) in [6.07, 6.45) is 1.96. The van der Waals surface area contributed by atoms with Gasteiger partial charge in [0.1, 0.15) is 5.82 Å². The fraction of sp³-hybridized carbons (Fsp3) is 0.227. The standard InChI is InChI=1S/C22H23ClFN3O2/c1-29-13-12-27(22(28)25-19-8-4-7-18(24)14-19)16-20-9-5-11-26(20)15-17-6-2-3-10-21(17)23/h2-11,14H,12-13,15-16H2,1H3,(H,25,28). The molecule has 1 aromatic heterocycles. The number of carbonyl (C=O) groups is 1. The molecule has 1 N–H and O–H groups in total. The number of urea groups is 1. The lowest BCUT2D eigenvalue weighted by Gasteiger charge is -2.24. The van der Waals surface area contributed by atoms with Crippen LogP contribution < -0.4 is 5.32 Å². The number of ether oxygens (including phenoxy) is 1. The first kappa shape index (κ1) is 20.9. The van der Waals surface area contributed by atoms with Crippen LogP contribution in [0, 0.1) is 5.82 Å². The summed E-state index contributed by atoms with van der Waals surface area (Å²) >= 11 is 6.29. The van der Waals surface area contributed by atoms with Crippen molar-refractivity contribution in [3.8, 4) is 0 Å². The van der Waals surface area contributed by atoms with Gasteiger partial charge < -0.3 is 19.5 Å². The quantitative estimate of drug-likeness (QED) is 0.562. The number of amides is 2. The molecule has 0 saturated heterocycles. The SMILES string of the molecule is COCCN(Cc1cccn1Cc1ccccc1Cl)C(=O)Nc1cccc(F)c1. The number of methoxy groups -OCH3 is 1. The number of carbonyl (C=O) groups excluding carboxylic acids is 1. The maximum absolute atomic E-state index is 13.4. The molecule has 2 amide bonds. The number of benzene rings is 2. The van der Waals surface area contributed by atoms with Gasteiger partial charge in [-0.1, -0.05) is 35.9 Å². The van der Waals surface area contributed by atoms with Gasteiger partial charge in [0.15, 0.2) is 0 Å². The number of rotatable bonds is 8. The average molecular weight is 416 g/mol. The van der Waals surface area contributed by atoms with Crippen molar-refractivity contribution in [1.82, 2.24) is 9.47 Å². The second kappa shape index (κ2) is 10.1. The van der Waals surface area contributed by atoms with Crippen LogP contribution in [0.5, 0.6) is 0 Å². The highest BCUT2D eigenvalue weighted by molar-refractivity contribution is 6.31. The molecule has 7 heteroatoms. The lowest BCUT2D eigenvalue weighted by atomic mass is 10.2. The van der Waals surface area contributed by atoms with Crippen LogP contribution in [0.4, 0.5) is 14.9 Å². The molecule has 0 aliphatic heterocycles. The van der Waals surface area contributed by atoms with Crippen LogP contribution in [0.3, 0.4) is 0 Å². The topological polar surface area (TPSA) is 46.5 Å². The van der Waals surface area contributed by atoms with Gasteiger partial charge in [-0.05, 0) is 42.0 Å². The number of nitrogens with zero attached hydrogens (tertiary/aromatic N) is 2. The predicted molar refractivity (Wildman–Crippen MR) is 113 cm³/mol. The highest BCUT2D eigenvalue weighted by atomic mass is 35.5. The minimum absolute atomic E-state index is 0.321. The Morgan fingerprint density at radius 1 is 1.17 bits per heavy atom. The van der Waals surface area contributed by atoms with Crippen molar-refractivity contribution in [2.75, 3.05) is 25.6 Å². The Kier molecular flexibility index (Phi) is 7.27. The van der Waals surface area contributed by atoms with Crippen LogP contribution in [0.15, 0.2) is 66.9 Å². The van der Waals surface area contributed by atoms with E-state index in [9.17, 15) is 9.18 Å². The van der Waals surface area contributed by atoms with Crippen LogP contribution in [-0.2, 0) is 17.8 Å². The number of aromatic nitrogens is 1. The second-order valence-electron chi connectivity index (χ2n) is 6.57. The minimum Gasteiger partial charge on any atom is -0.383 e. The van der Waals surface area contributed by atoms with Crippen LogP contribution in [0.1, 0.15) is 11.3 Å². The van der Waals surface area contributed by atoms with Gasteiger partial charge in [0, 0.05) is 42.8 Å². The first-order chi connectivity index (χ1) is 14.1. The van der Waals surface area contributed by atoms with Gasteiger partial charge in [0.25, 0.3) is 0 Å². The van der Waals surface area contributed by atoms with Gasteiger partial charge in [-0.3, -0.25) is 0 Å². The Hall–Kier alpha value is -2.83. The molecule has 0 unspecified atom stereocenters. The van der Waals surface area contributed by atoms with Gasteiger partial charge >= 0.3 is 6.03 Å². The largest absolute Gasteiger partial charge is 0.383 e. The molecule has 3 rings (SSSR count). The third kappa shape index (κ3) is 5.82. The maximum Gasteiger partial charge on any atom is 0.322 e. The van der Waals surface area contributed by atoms with E-state index in [1.54, 1.807) is 24.1 Å². The van der Waals surface area contributed by atoms with Crippen LogP contribution in [-0.4, -0.2) is 35.8 Å². The van der Waals surface area contributed by atoms with Crippen LogP contribution >= 0.6 is 11.6 Å². The van der Waals surface area contributed by atoms with Crippen LogP contribution in [0.2, 0.25) is 5.02 Å². The van der Waals surface area contributed by atoms with E-state index >= 15 is 0 Å². The number of nitrogens with one attached hydrogen (secondary N) is 1. The van der Waals surface area contributed by atoms with Crippen molar-refractivity contribution in [3.05, 3.63) is 89.0 Å². The van der Waals surface area contributed by atoms with E-state index in [2.05, 4.69) is 9.88 Å². The van der Waals surface area contributed by atoms with E-state index in [0.29, 0.717) is 37.0 Å². The van der Waals surface area contributed by atoms with Gasteiger partial charge in [0.05, 0.1) is 13.2 Å². The van der Waals surface area contributed by atoms with Gasteiger partial charge in [-0.2, -0.15) is 0 Å². The fourth-order valence-corrected chi connectivity index (χ4v) is 3.17. The smallest absolute Gasteiger partial charge is 0.322 e. The normalized spacial score (nSPS) is 10.7. The van der Waals surface area contributed by atoms with Crippen LogP contribution in [0.25, 0.3) is 0 Å². The Balaban J connectivity index is 1.74.